The lowest BCUT2D eigenvalue weighted by atomic mass is 9.91. The highest BCUT2D eigenvalue weighted by Gasteiger charge is 2.33. The van der Waals surface area contributed by atoms with E-state index in [0.717, 1.165) is 37.6 Å². The summed E-state index contributed by atoms with van der Waals surface area (Å²) in [7, 11) is 2.26. The molecule has 0 aromatic carbocycles. The van der Waals surface area contributed by atoms with E-state index in [-0.39, 0.29) is 0 Å². The van der Waals surface area contributed by atoms with Gasteiger partial charge in [0.2, 0.25) is 0 Å². The quantitative estimate of drug-likeness (QED) is 0.588. The van der Waals surface area contributed by atoms with E-state index in [9.17, 15) is 0 Å². The van der Waals surface area contributed by atoms with Crippen LogP contribution in [0.15, 0.2) is 42.7 Å². The molecule has 1 saturated carbocycles. The summed E-state index contributed by atoms with van der Waals surface area (Å²) in [6, 6.07) is 12.3. The summed E-state index contributed by atoms with van der Waals surface area (Å²) in [5, 5.41) is 0. The molecule has 3 aromatic heterocycles. The van der Waals surface area contributed by atoms with Crippen molar-refractivity contribution in [2.75, 3.05) is 38.1 Å². The topological polar surface area (TPSA) is 39.9 Å². The third kappa shape index (κ3) is 3.83. The largest absolute Gasteiger partial charge is 0.355 e. The normalized spacial score (nSPS) is 25.5. The van der Waals surface area contributed by atoms with Crippen molar-refractivity contribution >= 4 is 11.5 Å². The van der Waals surface area contributed by atoms with Crippen molar-refractivity contribution in [3.63, 3.8) is 0 Å². The van der Waals surface area contributed by atoms with Crippen LogP contribution >= 0.6 is 0 Å². The van der Waals surface area contributed by atoms with Crippen molar-refractivity contribution in [3.8, 4) is 0 Å². The van der Waals surface area contributed by atoms with Gasteiger partial charge >= 0.3 is 0 Å². The van der Waals surface area contributed by atoms with Crippen molar-refractivity contribution in [1.82, 2.24) is 24.2 Å². The molecule has 0 bridgehead atoms. The molecule has 0 N–H and O–H groups in total. The first-order valence-corrected chi connectivity index (χ1v) is 12.8. The number of anilines is 1. The van der Waals surface area contributed by atoms with Gasteiger partial charge in [-0.15, -0.1) is 0 Å². The van der Waals surface area contributed by atoms with Crippen molar-refractivity contribution in [2.45, 2.75) is 63.6 Å². The van der Waals surface area contributed by atoms with E-state index in [2.05, 4.69) is 63.5 Å². The fraction of sp³-hybridized carbons (Fsp3) is 0.556. The van der Waals surface area contributed by atoms with Crippen LogP contribution in [0.4, 0.5) is 5.82 Å². The highest BCUT2D eigenvalue weighted by atomic mass is 15.3. The predicted molar refractivity (Wildman–Crippen MR) is 133 cm³/mol. The second-order valence-corrected chi connectivity index (χ2v) is 10.2. The number of rotatable bonds is 4. The lowest BCUT2D eigenvalue weighted by Gasteiger charge is -2.43. The van der Waals surface area contributed by atoms with Gasteiger partial charge in [0.1, 0.15) is 11.5 Å². The van der Waals surface area contributed by atoms with E-state index in [1.54, 1.807) is 0 Å². The van der Waals surface area contributed by atoms with E-state index in [1.165, 1.54) is 61.5 Å². The fourth-order valence-electron chi connectivity index (χ4n) is 6.16. The minimum atomic E-state index is 0.327. The summed E-state index contributed by atoms with van der Waals surface area (Å²) < 4.78 is 2.33. The highest BCUT2D eigenvalue weighted by Crippen LogP contribution is 2.40. The van der Waals surface area contributed by atoms with E-state index in [1.807, 2.05) is 12.3 Å². The number of piperidine rings is 1. The third-order valence-electron chi connectivity index (χ3n) is 8.36. The molecule has 2 aliphatic heterocycles. The maximum absolute atomic E-state index is 5.12. The molecule has 0 unspecified atom stereocenters. The second kappa shape index (κ2) is 8.73. The van der Waals surface area contributed by atoms with Gasteiger partial charge in [-0.1, -0.05) is 18.6 Å². The molecule has 0 spiro atoms. The summed E-state index contributed by atoms with van der Waals surface area (Å²) in [6.45, 7) is 6.75. The predicted octanol–water partition coefficient (Wildman–Crippen LogP) is 4.61. The number of nitrogens with zero attached hydrogens (tertiary/aromatic N) is 6. The van der Waals surface area contributed by atoms with E-state index >= 15 is 0 Å². The Morgan fingerprint density at radius 3 is 2.42 bits per heavy atom. The van der Waals surface area contributed by atoms with Gasteiger partial charge in [-0.05, 0) is 69.8 Å². The summed E-state index contributed by atoms with van der Waals surface area (Å²) in [4.78, 5) is 17.6. The molecule has 0 radical (unpaired) electrons. The van der Waals surface area contributed by atoms with Crippen LogP contribution in [-0.2, 0) is 0 Å². The van der Waals surface area contributed by atoms with Crippen LogP contribution in [0.5, 0.6) is 0 Å². The average Bonchev–Trinajstić information content (AvgIpc) is 3.23. The molecule has 6 heteroatoms. The maximum Gasteiger partial charge on any atom is 0.138 e. The first-order chi connectivity index (χ1) is 16.2. The highest BCUT2D eigenvalue weighted by molar-refractivity contribution is 5.53. The number of imidazole rings is 1. The lowest BCUT2D eigenvalue weighted by molar-refractivity contribution is 0.109. The molecule has 3 fully saturated rings. The van der Waals surface area contributed by atoms with Crippen LogP contribution in [0, 0.1) is 6.92 Å². The monoisotopic (exact) mass is 444 g/mol. The molecule has 6 nitrogen and oxygen atoms in total. The van der Waals surface area contributed by atoms with Gasteiger partial charge in [-0.3, -0.25) is 19.2 Å². The van der Waals surface area contributed by atoms with Crippen LogP contribution in [0.1, 0.15) is 67.6 Å². The first-order valence-electron chi connectivity index (χ1n) is 12.8. The number of fused-ring (bicyclic) bond motifs is 1. The number of hydrogen-bond acceptors (Lipinski definition) is 5. The number of pyridine rings is 2. The molecule has 2 saturated heterocycles. The Morgan fingerprint density at radius 1 is 0.879 bits per heavy atom. The lowest BCUT2D eigenvalue weighted by Crippen LogP contribution is -2.52. The standard InChI is InChI=1S/C27H36N6/c1-20-7-6-14-28-27(20)24-11-4-10-23(30(24)2)22-19-33-25(29-22)12-5-13-26(33)32-17-15-31(16-18-32)21-8-3-9-21/h5-7,12-14,19,21,23-24H,3-4,8-11,15-18H2,1-2H3/t23-,24+/m1/s1. The third-order valence-corrected chi connectivity index (χ3v) is 8.36. The number of hydrogen-bond donors (Lipinski definition) is 0. The Balaban J connectivity index is 1.25. The minimum absolute atomic E-state index is 0.327. The minimum Gasteiger partial charge on any atom is -0.355 e. The molecule has 5 heterocycles. The van der Waals surface area contributed by atoms with E-state index in [0.29, 0.717) is 12.1 Å². The summed E-state index contributed by atoms with van der Waals surface area (Å²) in [6.07, 6.45) is 12.0. The molecular formula is C27H36N6. The number of aryl methyl sites for hydroxylation is 1. The van der Waals surface area contributed by atoms with Crippen LogP contribution < -0.4 is 4.90 Å². The van der Waals surface area contributed by atoms with Crippen molar-refractivity contribution < 1.29 is 0 Å². The maximum atomic E-state index is 5.12. The Morgan fingerprint density at radius 2 is 1.67 bits per heavy atom. The average molecular weight is 445 g/mol. The molecule has 2 atom stereocenters. The van der Waals surface area contributed by atoms with Gasteiger partial charge in [0.15, 0.2) is 0 Å². The molecular weight excluding hydrogens is 408 g/mol. The fourth-order valence-corrected chi connectivity index (χ4v) is 6.16. The SMILES string of the molecule is Cc1cccnc1[C@@H]1CCC[C@H](c2cn3c(N4CCN(C5CCC5)CC4)cccc3n2)N1C. The molecule has 6 rings (SSSR count). The number of likely N-dealkylation sites (tertiary alicyclic amines) is 1. The first kappa shape index (κ1) is 21.1. The van der Waals surface area contributed by atoms with Crippen molar-refractivity contribution in [2.24, 2.45) is 0 Å². The Hall–Kier alpha value is -2.44. The summed E-state index contributed by atoms with van der Waals surface area (Å²) in [5.41, 5.74) is 4.76. The second-order valence-electron chi connectivity index (χ2n) is 10.2. The van der Waals surface area contributed by atoms with Gasteiger partial charge in [0, 0.05) is 44.6 Å². The molecule has 33 heavy (non-hydrogen) atoms. The van der Waals surface area contributed by atoms with Gasteiger partial charge in [-0.25, -0.2) is 4.98 Å². The number of piperazine rings is 1. The smallest absolute Gasteiger partial charge is 0.138 e. The Labute approximate surface area is 197 Å². The van der Waals surface area contributed by atoms with Crippen LogP contribution in [0.2, 0.25) is 0 Å². The van der Waals surface area contributed by atoms with Gasteiger partial charge in [-0.2, -0.15) is 0 Å². The van der Waals surface area contributed by atoms with Crippen LogP contribution in [0.25, 0.3) is 5.65 Å². The zero-order valence-corrected chi connectivity index (χ0v) is 20.0. The van der Waals surface area contributed by atoms with Crippen molar-refractivity contribution in [1.29, 1.82) is 0 Å². The van der Waals surface area contributed by atoms with Crippen molar-refractivity contribution in [3.05, 3.63) is 59.7 Å². The number of aromatic nitrogens is 3. The summed E-state index contributed by atoms with van der Waals surface area (Å²) in [5.74, 6) is 1.29. The Kier molecular flexibility index (Phi) is 5.59. The van der Waals surface area contributed by atoms with Gasteiger partial charge in [0.25, 0.3) is 0 Å². The molecule has 1 aliphatic carbocycles. The molecule has 174 valence electrons. The molecule has 0 amide bonds. The molecule has 3 aromatic rings. The van der Waals surface area contributed by atoms with E-state index < -0.39 is 0 Å². The zero-order valence-electron chi connectivity index (χ0n) is 20.0. The van der Waals surface area contributed by atoms with Gasteiger partial charge < -0.3 is 4.90 Å². The summed E-state index contributed by atoms with van der Waals surface area (Å²) >= 11 is 0. The Bertz CT molecular complexity index is 1110. The van der Waals surface area contributed by atoms with Crippen LogP contribution in [0.3, 0.4) is 0 Å². The van der Waals surface area contributed by atoms with E-state index in [4.69, 9.17) is 9.97 Å². The zero-order chi connectivity index (χ0) is 22.4. The molecule has 3 aliphatic rings. The van der Waals surface area contributed by atoms with Gasteiger partial charge in [0.05, 0.1) is 23.5 Å². The van der Waals surface area contributed by atoms with Crippen LogP contribution in [-0.4, -0.2) is 63.4 Å².